The van der Waals surface area contributed by atoms with E-state index in [1.165, 1.54) is 11.8 Å². The third kappa shape index (κ3) is 3.56. The number of nitrogens with zero attached hydrogens (tertiary/aromatic N) is 4. The van der Waals surface area contributed by atoms with Crippen LogP contribution in [0.5, 0.6) is 5.75 Å². The first-order chi connectivity index (χ1) is 13.1. The molecule has 136 valence electrons. The number of aryl methyl sites for hydroxylation is 1. The summed E-state index contributed by atoms with van der Waals surface area (Å²) < 4.78 is 6.81. The van der Waals surface area contributed by atoms with Gasteiger partial charge in [-0.3, -0.25) is 4.79 Å². The van der Waals surface area contributed by atoms with Gasteiger partial charge in [0.05, 0.1) is 18.4 Å². The maximum Gasteiger partial charge on any atom is 0.234 e. The van der Waals surface area contributed by atoms with Crippen LogP contribution in [0.2, 0.25) is 0 Å². The van der Waals surface area contributed by atoms with E-state index in [2.05, 4.69) is 20.4 Å². The maximum atomic E-state index is 12.3. The van der Waals surface area contributed by atoms with Crippen molar-refractivity contribution < 1.29 is 9.53 Å². The van der Waals surface area contributed by atoms with Gasteiger partial charge in [0.25, 0.3) is 0 Å². The molecule has 0 bridgehead atoms. The normalized spacial score (nSPS) is 11.0. The third-order valence-corrected chi connectivity index (χ3v) is 4.89. The van der Waals surface area contributed by atoms with Crippen molar-refractivity contribution in [1.29, 1.82) is 0 Å². The minimum Gasteiger partial charge on any atom is -0.497 e. The number of aromatic nitrogens is 4. The first-order valence-electron chi connectivity index (χ1n) is 8.33. The number of fused-ring (bicyclic) bond motifs is 3. The number of amides is 1. The van der Waals surface area contributed by atoms with Crippen LogP contribution in [0.3, 0.4) is 0 Å². The molecule has 0 spiro atoms. The molecule has 2 aromatic carbocycles. The fourth-order valence-electron chi connectivity index (χ4n) is 2.73. The molecule has 0 radical (unpaired) electrons. The van der Waals surface area contributed by atoms with Gasteiger partial charge in [-0.2, -0.15) is 4.52 Å². The van der Waals surface area contributed by atoms with Gasteiger partial charge in [-0.25, -0.2) is 9.97 Å². The Kier molecular flexibility index (Phi) is 4.64. The summed E-state index contributed by atoms with van der Waals surface area (Å²) >= 11 is 1.33. The van der Waals surface area contributed by atoms with Crippen LogP contribution in [0, 0.1) is 6.92 Å². The number of rotatable bonds is 5. The number of hydrogen-bond acceptors (Lipinski definition) is 6. The molecule has 0 atom stereocenters. The van der Waals surface area contributed by atoms with Crippen molar-refractivity contribution in [2.24, 2.45) is 0 Å². The number of thioether (sulfide) groups is 1. The topological polar surface area (TPSA) is 81.4 Å². The van der Waals surface area contributed by atoms with Crippen molar-refractivity contribution >= 4 is 39.9 Å². The molecule has 2 aromatic heterocycles. The fourth-order valence-corrected chi connectivity index (χ4v) is 3.47. The lowest BCUT2D eigenvalue weighted by Gasteiger charge is -2.07. The number of benzene rings is 2. The Morgan fingerprint density at radius 2 is 1.93 bits per heavy atom. The van der Waals surface area contributed by atoms with E-state index in [1.807, 2.05) is 31.2 Å². The van der Waals surface area contributed by atoms with E-state index in [4.69, 9.17) is 4.74 Å². The molecule has 0 fully saturated rings. The Morgan fingerprint density at radius 3 is 2.70 bits per heavy atom. The Labute approximate surface area is 159 Å². The summed E-state index contributed by atoms with van der Waals surface area (Å²) in [6.45, 7) is 1.84. The number of nitrogens with one attached hydrogen (secondary N) is 1. The summed E-state index contributed by atoms with van der Waals surface area (Å²) in [5.74, 6) is 1.50. The summed E-state index contributed by atoms with van der Waals surface area (Å²) in [5, 5.41) is 8.86. The van der Waals surface area contributed by atoms with Crippen LogP contribution in [-0.4, -0.2) is 38.4 Å². The van der Waals surface area contributed by atoms with Crippen LogP contribution in [0.1, 0.15) is 5.82 Å². The molecule has 1 N–H and O–H groups in total. The number of methoxy groups -OCH3 is 1. The van der Waals surface area contributed by atoms with E-state index in [0.29, 0.717) is 11.0 Å². The number of ether oxygens (including phenoxy) is 1. The highest BCUT2D eigenvalue weighted by atomic mass is 32.2. The van der Waals surface area contributed by atoms with Crippen LogP contribution in [0.25, 0.3) is 16.6 Å². The van der Waals surface area contributed by atoms with E-state index in [1.54, 1.807) is 35.9 Å². The predicted molar refractivity (Wildman–Crippen MR) is 105 cm³/mol. The number of carbonyl (C=O) groups is 1. The Balaban J connectivity index is 1.54. The molecular weight excluding hydrogens is 362 g/mol. The molecule has 2 heterocycles. The molecule has 4 aromatic rings. The molecule has 0 aliphatic rings. The lowest BCUT2D eigenvalue weighted by molar-refractivity contribution is -0.113. The molecule has 8 heteroatoms. The minimum atomic E-state index is -0.120. The molecule has 0 unspecified atom stereocenters. The average Bonchev–Trinajstić information content (AvgIpc) is 3.08. The van der Waals surface area contributed by atoms with Crippen molar-refractivity contribution in [3.63, 3.8) is 0 Å². The zero-order valence-electron chi connectivity index (χ0n) is 14.8. The highest BCUT2D eigenvalue weighted by Gasteiger charge is 2.13. The number of hydrogen-bond donors (Lipinski definition) is 1. The van der Waals surface area contributed by atoms with Crippen molar-refractivity contribution in [2.45, 2.75) is 12.1 Å². The van der Waals surface area contributed by atoms with Crippen molar-refractivity contribution in [2.75, 3.05) is 18.2 Å². The molecule has 27 heavy (non-hydrogen) atoms. The van der Waals surface area contributed by atoms with Crippen molar-refractivity contribution in [3.05, 3.63) is 54.4 Å². The first kappa shape index (κ1) is 17.3. The van der Waals surface area contributed by atoms with E-state index in [-0.39, 0.29) is 11.7 Å². The van der Waals surface area contributed by atoms with E-state index in [0.717, 1.165) is 28.0 Å². The van der Waals surface area contributed by atoms with Gasteiger partial charge in [0.15, 0.2) is 10.8 Å². The largest absolute Gasteiger partial charge is 0.497 e. The quantitative estimate of drug-likeness (QED) is 0.423. The second-order valence-electron chi connectivity index (χ2n) is 5.87. The van der Waals surface area contributed by atoms with E-state index in [9.17, 15) is 4.79 Å². The minimum absolute atomic E-state index is 0.120. The zero-order chi connectivity index (χ0) is 18.8. The monoisotopic (exact) mass is 379 g/mol. The summed E-state index contributed by atoms with van der Waals surface area (Å²) in [5.41, 5.74) is 2.29. The summed E-state index contributed by atoms with van der Waals surface area (Å²) in [4.78, 5) is 21.5. The summed E-state index contributed by atoms with van der Waals surface area (Å²) in [7, 11) is 1.60. The predicted octanol–water partition coefficient (Wildman–Crippen LogP) is 3.33. The summed E-state index contributed by atoms with van der Waals surface area (Å²) in [6.07, 6.45) is 0. The van der Waals surface area contributed by atoms with Crippen molar-refractivity contribution in [1.82, 2.24) is 19.6 Å². The first-order valence-corrected chi connectivity index (χ1v) is 9.31. The van der Waals surface area contributed by atoms with Crippen LogP contribution < -0.4 is 10.1 Å². The zero-order valence-corrected chi connectivity index (χ0v) is 15.7. The van der Waals surface area contributed by atoms with Gasteiger partial charge in [-0.1, -0.05) is 23.9 Å². The Bertz CT molecular complexity index is 1120. The third-order valence-electron chi connectivity index (χ3n) is 3.96. The Morgan fingerprint density at radius 1 is 1.15 bits per heavy atom. The van der Waals surface area contributed by atoms with Crippen LogP contribution in [-0.2, 0) is 4.79 Å². The van der Waals surface area contributed by atoms with Gasteiger partial charge in [0.2, 0.25) is 5.91 Å². The van der Waals surface area contributed by atoms with Gasteiger partial charge in [-0.05, 0) is 43.3 Å². The molecule has 1 amide bonds. The molecule has 4 rings (SSSR count). The molecule has 7 nitrogen and oxygen atoms in total. The van der Waals surface area contributed by atoms with E-state index >= 15 is 0 Å². The molecule has 0 saturated carbocycles. The van der Waals surface area contributed by atoms with Crippen molar-refractivity contribution in [3.8, 4) is 5.75 Å². The van der Waals surface area contributed by atoms with Gasteiger partial charge in [0.1, 0.15) is 11.6 Å². The van der Waals surface area contributed by atoms with Gasteiger partial charge in [-0.15, -0.1) is 5.10 Å². The van der Waals surface area contributed by atoms with Crippen LogP contribution >= 0.6 is 11.8 Å². The average molecular weight is 379 g/mol. The fraction of sp³-hybridized carbons (Fsp3) is 0.158. The van der Waals surface area contributed by atoms with Crippen LogP contribution in [0.15, 0.2) is 53.7 Å². The lowest BCUT2D eigenvalue weighted by atomic mass is 10.2. The SMILES string of the molecule is COc1ccc(NC(=O)CSc2nc3ccccc3c3nc(C)nn23)cc1. The number of para-hydroxylation sites is 1. The lowest BCUT2D eigenvalue weighted by Crippen LogP contribution is -2.14. The second-order valence-corrected chi connectivity index (χ2v) is 6.81. The standard InChI is InChI=1S/C19H17N5O2S/c1-12-20-18-15-5-3-4-6-16(15)22-19(24(18)23-12)27-11-17(25)21-13-7-9-14(26-2)10-8-13/h3-10H,11H2,1-2H3,(H,21,25). The number of carbonyl (C=O) groups excluding carboxylic acids is 1. The highest BCUT2D eigenvalue weighted by molar-refractivity contribution is 7.99. The molecule has 0 aliphatic heterocycles. The van der Waals surface area contributed by atoms with Crippen LogP contribution in [0.4, 0.5) is 5.69 Å². The van der Waals surface area contributed by atoms with Gasteiger partial charge < -0.3 is 10.1 Å². The molecular formula is C19H17N5O2S. The molecule has 0 saturated heterocycles. The summed E-state index contributed by atoms with van der Waals surface area (Å²) in [6, 6.07) is 15.0. The number of anilines is 1. The highest BCUT2D eigenvalue weighted by Crippen LogP contribution is 2.24. The smallest absolute Gasteiger partial charge is 0.234 e. The molecule has 0 aliphatic carbocycles. The van der Waals surface area contributed by atoms with Gasteiger partial charge >= 0.3 is 0 Å². The second kappa shape index (κ2) is 7.24. The van der Waals surface area contributed by atoms with Gasteiger partial charge in [0, 0.05) is 11.1 Å². The van der Waals surface area contributed by atoms with E-state index < -0.39 is 0 Å². The maximum absolute atomic E-state index is 12.3. The Hall–Kier alpha value is -3.13.